The lowest BCUT2D eigenvalue weighted by Crippen LogP contribution is -2.22. The predicted octanol–water partition coefficient (Wildman–Crippen LogP) is 3.52. The molecule has 40 heavy (non-hydrogen) atoms. The van der Waals surface area contributed by atoms with E-state index in [2.05, 4.69) is 15.4 Å². The fraction of sp³-hybridized carbons (Fsp3) is 0.192. The molecule has 0 spiro atoms. The Labute approximate surface area is 236 Å². The summed E-state index contributed by atoms with van der Waals surface area (Å²) in [7, 11) is -4.10. The van der Waals surface area contributed by atoms with Gasteiger partial charge in [0.1, 0.15) is 11.6 Å². The Kier molecular flexibility index (Phi) is 9.93. The van der Waals surface area contributed by atoms with Gasteiger partial charge in [0.25, 0.3) is 16.1 Å². The van der Waals surface area contributed by atoms with E-state index in [9.17, 15) is 23.1 Å². The summed E-state index contributed by atoms with van der Waals surface area (Å²) in [5, 5.41) is 28.1. The molecule has 0 aromatic heterocycles. The summed E-state index contributed by atoms with van der Waals surface area (Å²) in [6, 6.07) is 14.1. The zero-order chi connectivity index (χ0) is 29.4. The number of hydrogen-bond acceptors (Lipinski definition) is 7. The fourth-order valence-corrected chi connectivity index (χ4v) is 4.48. The lowest BCUT2D eigenvalue weighted by atomic mass is 10.00. The molecule has 0 unspecified atom stereocenters. The van der Waals surface area contributed by atoms with Gasteiger partial charge in [0.05, 0.1) is 17.9 Å². The van der Waals surface area contributed by atoms with E-state index in [0.717, 1.165) is 0 Å². The normalized spacial score (nSPS) is 11.0. The molecular formula is C26H29ClN6O6S. The van der Waals surface area contributed by atoms with Crippen LogP contribution in [0.1, 0.15) is 40.4 Å². The van der Waals surface area contributed by atoms with E-state index < -0.39 is 22.1 Å². The highest BCUT2D eigenvalue weighted by Gasteiger charge is 2.18. The summed E-state index contributed by atoms with van der Waals surface area (Å²) < 4.78 is 31.2. The molecular weight excluding hydrogens is 560 g/mol. The minimum atomic E-state index is -4.10. The van der Waals surface area contributed by atoms with Crippen molar-refractivity contribution in [3.05, 3.63) is 81.9 Å². The number of carbonyl (C=O) groups excluding carboxylic acids is 1. The van der Waals surface area contributed by atoms with Crippen molar-refractivity contribution in [3.63, 3.8) is 0 Å². The zero-order valence-electron chi connectivity index (χ0n) is 21.5. The molecule has 0 fully saturated rings. The van der Waals surface area contributed by atoms with Gasteiger partial charge in [0.2, 0.25) is 0 Å². The van der Waals surface area contributed by atoms with Crippen LogP contribution in [0.5, 0.6) is 5.75 Å². The largest absolute Gasteiger partial charge is 0.494 e. The molecule has 0 aliphatic heterocycles. The number of nitrogens with two attached hydrogens (primary N) is 2. The van der Waals surface area contributed by atoms with Crippen LogP contribution in [-0.4, -0.2) is 37.8 Å². The molecule has 0 aliphatic carbocycles. The van der Waals surface area contributed by atoms with E-state index >= 15 is 0 Å². The van der Waals surface area contributed by atoms with E-state index in [1.54, 1.807) is 43.3 Å². The maximum absolute atomic E-state index is 13.2. The Bertz CT molecular complexity index is 1530. The summed E-state index contributed by atoms with van der Waals surface area (Å²) in [6.45, 7) is 2.07. The van der Waals surface area contributed by atoms with Crippen LogP contribution >= 0.6 is 11.6 Å². The molecule has 0 saturated heterocycles. The van der Waals surface area contributed by atoms with Gasteiger partial charge in [-0.1, -0.05) is 11.6 Å². The quantitative estimate of drug-likeness (QED) is 0.116. The standard InChI is InChI=1S/C26H29ClN6O6S/c1-2-39-23-13-19(33-40(30,37)38)11-16(20(23)8-10-24(34)35)14-31-22-9-5-17(27)12-21(22)26(36)32-18-6-3-15(4-7-18)25(28)29/h3-7,9,11-13,31,33H,2,8,10,14H2,1H3,(H3,28,29)(H,32,36)(H,34,35)(H2,30,37,38). The first-order valence-corrected chi connectivity index (χ1v) is 13.9. The van der Waals surface area contributed by atoms with E-state index in [4.69, 9.17) is 32.6 Å². The number of amides is 1. The Hall–Kier alpha value is -4.33. The van der Waals surface area contributed by atoms with Crippen molar-refractivity contribution >= 4 is 56.6 Å². The van der Waals surface area contributed by atoms with Gasteiger partial charge in [0.15, 0.2) is 0 Å². The number of aliphatic carboxylic acids is 1. The maximum Gasteiger partial charge on any atom is 0.303 e. The Morgan fingerprint density at radius 3 is 2.38 bits per heavy atom. The van der Waals surface area contributed by atoms with Crippen molar-refractivity contribution < 1.29 is 27.9 Å². The predicted molar refractivity (Wildman–Crippen MR) is 154 cm³/mol. The molecule has 3 rings (SSSR count). The molecule has 3 aromatic rings. The van der Waals surface area contributed by atoms with Crippen molar-refractivity contribution in [1.29, 1.82) is 5.41 Å². The number of anilines is 3. The summed E-state index contributed by atoms with van der Waals surface area (Å²) in [5.74, 6) is -1.28. The molecule has 12 nitrogen and oxygen atoms in total. The van der Waals surface area contributed by atoms with Crippen LogP contribution in [-0.2, 0) is 28.0 Å². The average Bonchev–Trinajstić information content (AvgIpc) is 2.86. The summed E-state index contributed by atoms with van der Waals surface area (Å²) in [4.78, 5) is 24.5. The number of hydrogen-bond donors (Lipinski definition) is 7. The number of ether oxygens (including phenoxy) is 1. The molecule has 0 heterocycles. The number of halogens is 1. The van der Waals surface area contributed by atoms with Gasteiger partial charge in [-0.2, -0.15) is 8.42 Å². The number of carboxylic acids is 1. The van der Waals surface area contributed by atoms with E-state index in [0.29, 0.717) is 38.8 Å². The maximum atomic E-state index is 13.2. The second-order valence-electron chi connectivity index (χ2n) is 8.57. The van der Waals surface area contributed by atoms with Gasteiger partial charge in [-0.15, -0.1) is 0 Å². The summed E-state index contributed by atoms with van der Waals surface area (Å²) in [6.07, 6.45) is -0.0758. The van der Waals surface area contributed by atoms with E-state index in [1.807, 2.05) is 0 Å². The van der Waals surface area contributed by atoms with Crippen molar-refractivity contribution in [2.24, 2.45) is 10.9 Å². The molecule has 0 saturated carbocycles. The molecule has 3 aromatic carbocycles. The van der Waals surface area contributed by atoms with Crippen LogP contribution < -0.4 is 31.0 Å². The molecule has 14 heteroatoms. The van der Waals surface area contributed by atoms with E-state index in [1.165, 1.54) is 18.2 Å². The van der Waals surface area contributed by atoms with Crippen LogP contribution in [0, 0.1) is 5.41 Å². The Balaban J connectivity index is 1.94. The molecule has 0 bridgehead atoms. The first-order chi connectivity index (χ1) is 18.9. The molecule has 9 N–H and O–H groups in total. The monoisotopic (exact) mass is 588 g/mol. The van der Waals surface area contributed by atoms with Crippen LogP contribution in [0.25, 0.3) is 0 Å². The molecule has 0 radical (unpaired) electrons. The number of nitrogens with one attached hydrogen (secondary N) is 4. The van der Waals surface area contributed by atoms with E-state index in [-0.39, 0.29) is 43.1 Å². The van der Waals surface area contributed by atoms with Crippen molar-refractivity contribution in [3.8, 4) is 5.75 Å². The molecule has 0 aliphatic rings. The van der Waals surface area contributed by atoms with Crippen molar-refractivity contribution in [2.45, 2.75) is 26.3 Å². The Morgan fingerprint density at radius 1 is 1.07 bits per heavy atom. The summed E-state index contributed by atoms with van der Waals surface area (Å²) in [5.41, 5.74) is 8.31. The van der Waals surface area contributed by atoms with Gasteiger partial charge in [-0.05, 0) is 73.0 Å². The third kappa shape index (κ3) is 8.59. The highest BCUT2D eigenvalue weighted by Crippen LogP contribution is 2.31. The third-order valence-electron chi connectivity index (χ3n) is 5.60. The van der Waals surface area contributed by atoms with Gasteiger partial charge in [-0.3, -0.25) is 19.7 Å². The third-order valence-corrected chi connectivity index (χ3v) is 6.35. The topological polar surface area (TPSA) is 210 Å². The molecule has 1 amide bonds. The number of benzene rings is 3. The number of carbonyl (C=O) groups is 2. The van der Waals surface area contributed by atoms with Gasteiger partial charge >= 0.3 is 5.97 Å². The second-order valence-corrected chi connectivity index (χ2v) is 10.3. The van der Waals surface area contributed by atoms with Crippen molar-refractivity contribution in [1.82, 2.24) is 0 Å². The number of rotatable bonds is 13. The molecule has 0 atom stereocenters. The highest BCUT2D eigenvalue weighted by atomic mass is 35.5. The lowest BCUT2D eigenvalue weighted by Gasteiger charge is -2.19. The average molecular weight is 589 g/mol. The number of carboxylic acid groups (broad SMARTS) is 1. The van der Waals surface area contributed by atoms with Crippen LogP contribution in [0.15, 0.2) is 54.6 Å². The number of nitrogen functional groups attached to an aromatic ring is 1. The lowest BCUT2D eigenvalue weighted by molar-refractivity contribution is -0.136. The van der Waals surface area contributed by atoms with Gasteiger partial charge < -0.3 is 26.2 Å². The first-order valence-electron chi connectivity index (χ1n) is 12.0. The smallest absolute Gasteiger partial charge is 0.303 e. The van der Waals surface area contributed by atoms with Crippen LogP contribution in [0.4, 0.5) is 17.1 Å². The first kappa shape index (κ1) is 30.2. The van der Waals surface area contributed by atoms with Gasteiger partial charge in [-0.25, -0.2) is 5.14 Å². The highest BCUT2D eigenvalue weighted by molar-refractivity contribution is 7.90. The second kappa shape index (κ2) is 13.2. The Morgan fingerprint density at radius 2 is 1.77 bits per heavy atom. The minimum Gasteiger partial charge on any atom is -0.494 e. The zero-order valence-corrected chi connectivity index (χ0v) is 23.0. The summed E-state index contributed by atoms with van der Waals surface area (Å²) >= 11 is 6.18. The fourth-order valence-electron chi connectivity index (χ4n) is 3.86. The van der Waals surface area contributed by atoms with Crippen LogP contribution in [0.3, 0.4) is 0 Å². The van der Waals surface area contributed by atoms with Crippen molar-refractivity contribution in [2.75, 3.05) is 22.0 Å². The van der Waals surface area contributed by atoms with Crippen LogP contribution in [0.2, 0.25) is 5.02 Å². The minimum absolute atomic E-state index is 0.0738. The number of amidine groups is 1. The van der Waals surface area contributed by atoms with Gasteiger partial charge in [0, 0.05) is 41.0 Å². The SMILES string of the molecule is CCOc1cc(NS(N)(=O)=O)cc(CNc2ccc(Cl)cc2C(=O)Nc2ccc(C(=N)N)cc2)c1CCC(=O)O. The molecule has 212 valence electrons.